The van der Waals surface area contributed by atoms with Crippen LogP contribution in [0.1, 0.15) is 76.5 Å². The van der Waals surface area contributed by atoms with E-state index in [1.54, 1.807) is 11.3 Å². The molecule has 0 radical (unpaired) electrons. The summed E-state index contributed by atoms with van der Waals surface area (Å²) >= 11 is 1.64. The molecule has 8 nitrogen and oxygen atoms in total. The Labute approximate surface area is 201 Å². The first kappa shape index (κ1) is 26.9. The summed E-state index contributed by atoms with van der Waals surface area (Å²) in [5.74, 6) is 0.274. The molecule has 9 heteroatoms. The van der Waals surface area contributed by atoms with Gasteiger partial charge >= 0.3 is 6.09 Å². The fourth-order valence-electron chi connectivity index (χ4n) is 3.35. The van der Waals surface area contributed by atoms with Crippen molar-refractivity contribution in [2.45, 2.75) is 78.7 Å². The van der Waals surface area contributed by atoms with E-state index in [9.17, 15) is 9.59 Å². The van der Waals surface area contributed by atoms with Gasteiger partial charge in [0.05, 0.1) is 17.2 Å². The fourth-order valence-corrected chi connectivity index (χ4v) is 4.46. The molecule has 0 aromatic carbocycles. The SMILES string of the molecule is CCCN(OCC)C(=O)C1=Cc2sc(CCCCCNC(=O)OC(C)(C)C)cc2N=C(N)C1. The van der Waals surface area contributed by atoms with Crippen LogP contribution in [0.4, 0.5) is 10.5 Å². The minimum Gasteiger partial charge on any atom is -0.444 e. The van der Waals surface area contributed by atoms with Crippen molar-refractivity contribution in [2.75, 3.05) is 19.7 Å². The molecule has 1 aliphatic heterocycles. The molecule has 1 aromatic rings. The summed E-state index contributed by atoms with van der Waals surface area (Å²) in [6.07, 6.45) is 6.44. The molecule has 0 fully saturated rings. The molecule has 184 valence electrons. The summed E-state index contributed by atoms with van der Waals surface area (Å²) in [4.78, 5) is 36.9. The summed E-state index contributed by atoms with van der Waals surface area (Å²) in [5.41, 5.74) is 7.04. The average Bonchev–Trinajstić information content (AvgIpc) is 3.01. The van der Waals surface area contributed by atoms with E-state index in [0.29, 0.717) is 37.5 Å². The summed E-state index contributed by atoms with van der Waals surface area (Å²) in [6.45, 7) is 11.0. The van der Waals surface area contributed by atoms with Crippen molar-refractivity contribution >= 4 is 40.9 Å². The number of nitrogens with one attached hydrogen (secondary N) is 1. The van der Waals surface area contributed by atoms with Crippen LogP contribution >= 0.6 is 11.3 Å². The zero-order valence-corrected chi connectivity index (χ0v) is 21.3. The molecule has 0 unspecified atom stereocenters. The van der Waals surface area contributed by atoms with Crippen LogP contribution in [0, 0.1) is 0 Å². The Morgan fingerprint density at radius 1 is 1.24 bits per heavy atom. The van der Waals surface area contributed by atoms with Crippen LogP contribution in [0.15, 0.2) is 16.6 Å². The molecule has 0 aliphatic carbocycles. The average molecular weight is 479 g/mol. The maximum absolute atomic E-state index is 13.0. The first-order valence-electron chi connectivity index (χ1n) is 11.7. The highest BCUT2D eigenvalue weighted by Crippen LogP contribution is 2.35. The summed E-state index contributed by atoms with van der Waals surface area (Å²) in [6, 6.07) is 2.06. The smallest absolute Gasteiger partial charge is 0.407 e. The van der Waals surface area contributed by atoms with E-state index in [4.69, 9.17) is 15.3 Å². The summed E-state index contributed by atoms with van der Waals surface area (Å²) in [5, 5.41) is 4.21. The number of hydrogen-bond acceptors (Lipinski definition) is 7. The fraction of sp³-hybridized carbons (Fsp3) is 0.625. The van der Waals surface area contributed by atoms with E-state index in [1.165, 1.54) is 9.94 Å². The maximum Gasteiger partial charge on any atom is 0.407 e. The van der Waals surface area contributed by atoms with Gasteiger partial charge in [0.25, 0.3) is 5.91 Å². The topological polar surface area (TPSA) is 106 Å². The van der Waals surface area contributed by atoms with Crippen LogP contribution in [-0.4, -0.2) is 48.2 Å². The molecule has 2 rings (SSSR count). The van der Waals surface area contributed by atoms with Gasteiger partial charge in [0.15, 0.2) is 0 Å². The van der Waals surface area contributed by atoms with Gasteiger partial charge in [-0.3, -0.25) is 9.63 Å². The highest BCUT2D eigenvalue weighted by molar-refractivity contribution is 7.13. The molecule has 2 heterocycles. The van der Waals surface area contributed by atoms with Gasteiger partial charge in [-0.05, 0) is 65.5 Å². The Morgan fingerprint density at radius 3 is 2.67 bits per heavy atom. The van der Waals surface area contributed by atoms with Crippen LogP contribution in [-0.2, 0) is 20.8 Å². The van der Waals surface area contributed by atoms with Gasteiger partial charge in [-0.1, -0.05) is 13.3 Å². The maximum atomic E-state index is 13.0. The van der Waals surface area contributed by atoms with Crippen molar-refractivity contribution in [1.29, 1.82) is 0 Å². The monoisotopic (exact) mass is 478 g/mol. The van der Waals surface area contributed by atoms with Crippen molar-refractivity contribution < 1.29 is 19.2 Å². The number of fused-ring (bicyclic) bond motifs is 1. The quantitative estimate of drug-likeness (QED) is 0.346. The van der Waals surface area contributed by atoms with E-state index in [-0.39, 0.29) is 12.0 Å². The van der Waals surface area contributed by atoms with Crippen molar-refractivity contribution in [3.63, 3.8) is 0 Å². The second-order valence-electron chi connectivity index (χ2n) is 8.98. The van der Waals surface area contributed by atoms with Crippen LogP contribution in [0.2, 0.25) is 0 Å². The van der Waals surface area contributed by atoms with E-state index in [0.717, 1.165) is 42.7 Å². The number of carbonyl (C=O) groups excluding carboxylic acids is 2. The zero-order chi connectivity index (χ0) is 24.4. The van der Waals surface area contributed by atoms with Crippen molar-refractivity contribution in [1.82, 2.24) is 10.4 Å². The van der Waals surface area contributed by atoms with Gasteiger partial charge in [0.1, 0.15) is 11.4 Å². The molecular weight excluding hydrogens is 440 g/mol. The van der Waals surface area contributed by atoms with Gasteiger partial charge in [-0.2, -0.15) is 0 Å². The number of rotatable bonds is 11. The highest BCUT2D eigenvalue weighted by Gasteiger charge is 2.23. The van der Waals surface area contributed by atoms with E-state index in [1.807, 2.05) is 40.7 Å². The van der Waals surface area contributed by atoms with Crippen molar-refractivity contribution in [3.05, 3.63) is 21.4 Å². The van der Waals surface area contributed by atoms with Gasteiger partial charge in [0, 0.05) is 30.0 Å². The normalized spacial score (nSPS) is 13.5. The van der Waals surface area contributed by atoms with Crippen LogP contribution in [0.5, 0.6) is 0 Å². The van der Waals surface area contributed by atoms with Gasteiger partial charge in [-0.15, -0.1) is 11.3 Å². The number of alkyl carbamates (subject to hydrolysis) is 1. The third-order valence-corrected chi connectivity index (χ3v) is 5.84. The molecule has 0 spiro atoms. The second-order valence-corrected chi connectivity index (χ2v) is 10.1. The number of unbranched alkanes of at least 4 members (excludes halogenated alkanes) is 2. The van der Waals surface area contributed by atoms with Crippen molar-refractivity contribution in [2.24, 2.45) is 10.7 Å². The molecular formula is C24H38N4O4S. The number of nitrogens with two attached hydrogens (primary N) is 1. The molecule has 0 saturated heterocycles. The summed E-state index contributed by atoms with van der Waals surface area (Å²) < 4.78 is 5.23. The number of aliphatic imine (C=N–C) groups is 1. The lowest BCUT2D eigenvalue weighted by atomic mass is 10.1. The van der Waals surface area contributed by atoms with Gasteiger partial charge < -0.3 is 15.8 Å². The molecule has 1 aromatic heterocycles. The minimum atomic E-state index is -0.483. The largest absolute Gasteiger partial charge is 0.444 e. The number of amidine groups is 1. The lowest BCUT2D eigenvalue weighted by Gasteiger charge is -2.21. The lowest BCUT2D eigenvalue weighted by molar-refractivity contribution is -0.180. The molecule has 0 atom stereocenters. The lowest BCUT2D eigenvalue weighted by Crippen LogP contribution is -2.34. The van der Waals surface area contributed by atoms with Crippen molar-refractivity contribution in [3.8, 4) is 0 Å². The number of hydroxylamine groups is 2. The minimum absolute atomic E-state index is 0.155. The molecule has 3 N–H and O–H groups in total. The number of amides is 2. The van der Waals surface area contributed by atoms with Crippen LogP contribution in [0.3, 0.4) is 0 Å². The number of ether oxygens (including phenoxy) is 1. The number of aryl methyl sites for hydroxylation is 1. The molecule has 0 saturated carbocycles. The number of thiophene rings is 1. The molecule has 0 bridgehead atoms. The number of hydrogen-bond donors (Lipinski definition) is 2. The predicted molar refractivity (Wildman–Crippen MR) is 134 cm³/mol. The summed E-state index contributed by atoms with van der Waals surface area (Å²) in [7, 11) is 0. The first-order chi connectivity index (χ1) is 15.6. The zero-order valence-electron chi connectivity index (χ0n) is 20.5. The second kappa shape index (κ2) is 12.7. The molecule has 33 heavy (non-hydrogen) atoms. The Bertz CT molecular complexity index is 864. The Hall–Kier alpha value is -2.39. The van der Waals surface area contributed by atoms with Crippen LogP contribution < -0.4 is 11.1 Å². The Kier molecular flexibility index (Phi) is 10.4. The predicted octanol–water partition coefficient (Wildman–Crippen LogP) is 4.95. The molecule has 2 amide bonds. The van der Waals surface area contributed by atoms with E-state index >= 15 is 0 Å². The highest BCUT2D eigenvalue weighted by atomic mass is 32.1. The van der Waals surface area contributed by atoms with Gasteiger partial charge in [-0.25, -0.2) is 14.9 Å². The van der Waals surface area contributed by atoms with E-state index in [2.05, 4.69) is 16.4 Å². The van der Waals surface area contributed by atoms with Gasteiger partial charge in [0.2, 0.25) is 0 Å². The standard InChI is InChI=1S/C24H38N4O4S/c1-6-13-28(31-7-2)22(29)17-14-20-19(27-21(25)15-17)16-18(33-20)11-9-8-10-12-26-23(30)32-24(3,4)5/h14,16H,6-13,15H2,1-5H3,(H2,25,27)(H,26,30). The number of carbonyl (C=O) groups is 2. The number of nitrogens with zero attached hydrogens (tertiary/aromatic N) is 2. The van der Waals surface area contributed by atoms with E-state index < -0.39 is 5.60 Å². The molecule has 1 aliphatic rings. The third kappa shape index (κ3) is 9.17. The Morgan fingerprint density at radius 2 is 2.00 bits per heavy atom. The van der Waals surface area contributed by atoms with Crippen LogP contribution in [0.25, 0.3) is 6.08 Å². The third-order valence-electron chi connectivity index (χ3n) is 4.71. The first-order valence-corrected chi connectivity index (χ1v) is 12.5. The Balaban J connectivity index is 1.91.